The normalized spacial score (nSPS) is 14.2. The molecule has 4 rings (SSSR count). The topological polar surface area (TPSA) is 108 Å². The predicted octanol–water partition coefficient (Wildman–Crippen LogP) is 3.83. The Hall–Kier alpha value is -3.33. The lowest BCUT2D eigenvalue weighted by Gasteiger charge is -2.23. The van der Waals surface area contributed by atoms with Crippen molar-refractivity contribution < 1.29 is 19.3 Å². The van der Waals surface area contributed by atoms with Gasteiger partial charge >= 0.3 is 17.2 Å². The second-order valence-corrected chi connectivity index (χ2v) is 8.86. The number of H-pyrrole nitrogens is 1. The second-order valence-electron chi connectivity index (χ2n) is 7.77. The fraction of sp³-hybridized carbons (Fsp3) is 0.333. The number of hydrogen-bond acceptors (Lipinski definition) is 6. The summed E-state index contributed by atoms with van der Waals surface area (Å²) in [4.78, 5) is 27.2. The number of aliphatic carboxylic acids is 1. The van der Waals surface area contributed by atoms with Crippen molar-refractivity contribution in [1.29, 1.82) is 0 Å². The fourth-order valence-electron chi connectivity index (χ4n) is 3.84. The van der Waals surface area contributed by atoms with Crippen LogP contribution in [0.1, 0.15) is 44.3 Å². The molecular formula is C24H27N4O4S+. The Morgan fingerprint density at radius 2 is 1.94 bits per heavy atom. The van der Waals surface area contributed by atoms with E-state index in [0.29, 0.717) is 22.2 Å². The first-order chi connectivity index (χ1) is 16.1. The SMILES string of the molecule is CCCCCCSc1n[n+]2c(c(=O)[nH]1)-c1ccccc1N[C@@H]2c1ccccc1OCC(=O)O. The number of benzene rings is 2. The number of thioether (sulfide) groups is 1. The van der Waals surface area contributed by atoms with Crippen molar-refractivity contribution in [2.45, 2.75) is 43.9 Å². The number of carboxylic acid groups (broad SMARTS) is 1. The summed E-state index contributed by atoms with van der Waals surface area (Å²) in [6, 6.07) is 14.8. The highest BCUT2D eigenvalue weighted by atomic mass is 32.2. The number of anilines is 1. The minimum Gasteiger partial charge on any atom is -0.481 e. The maximum Gasteiger partial charge on any atom is 0.341 e. The summed E-state index contributed by atoms with van der Waals surface area (Å²) < 4.78 is 7.22. The van der Waals surface area contributed by atoms with Crippen molar-refractivity contribution in [3.05, 3.63) is 64.4 Å². The molecule has 3 N–H and O–H groups in total. The molecule has 0 fully saturated rings. The lowest BCUT2D eigenvalue weighted by molar-refractivity contribution is -0.759. The van der Waals surface area contributed by atoms with Gasteiger partial charge in [0.25, 0.3) is 6.17 Å². The Morgan fingerprint density at radius 3 is 2.76 bits per heavy atom. The molecule has 2 heterocycles. The molecule has 0 saturated carbocycles. The molecule has 1 atom stereocenters. The highest BCUT2D eigenvalue weighted by Crippen LogP contribution is 2.34. The molecule has 1 aliphatic rings. The maximum atomic E-state index is 13.2. The second kappa shape index (κ2) is 10.5. The Bertz CT molecular complexity index is 1200. The summed E-state index contributed by atoms with van der Waals surface area (Å²) >= 11 is 1.53. The first-order valence-corrected chi connectivity index (χ1v) is 12.1. The number of nitrogens with zero attached hydrogens (tertiary/aromatic N) is 2. The molecule has 0 amide bonds. The third-order valence-corrected chi connectivity index (χ3v) is 6.33. The average Bonchev–Trinajstić information content (AvgIpc) is 2.82. The van der Waals surface area contributed by atoms with E-state index in [-0.39, 0.29) is 5.56 Å². The van der Waals surface area contributed by atoms with Gasteiger partial charge in [-0.15, -0.1) is 0 Å². The molecule has 1 aliphatic heterocycles. The van der Waals surface area contributed by atoms with Crippen LogP contribution in [0.3, 0.4) is 0 Å². The number of carboxylic acids is 1. The van der Waals surface area contributed by atoms with Gasteiger partial charge in [-0.25, -0.2) is 4.79 Å². The van der Waals surface area contributed by atoms with Gasteiger partial charge in [0, 0.05) is 10.9 Å². The van der Waals surface area contributed by atoms with Crippen molar-refractivity contribution in [2.24, 2.45) is 0 Å². The standard InChI is InChI=1S/C24H26N4O4S/c1-2-3-4-9-14-33-24-26-23(31)21-16-10-5-7-12-18(16)25-22(28(21)27-24)17-11-6-8-13-19(17)32-15-20(29)30/h5-8,10-13,22H,2-4,9,14-15H2,1H3,(H2,26,27,29,30,31)/p+1/t22-/m0/s1. The van der Waals surface area contributed by atoms with Crippen LogP contribution in [0.5, 0.6) is 5.75 Å². The van der Waals surface area contributed by atoms with Gasteiger partial charge in [-0.05, 0) is 35.4 Å². The molecule has 0 aliphatic carbocycles. The molecule has 8 nitrogen and oxygen atoms in total. The number of aromatic amines is 1. The molecule has 0 bridgehead atoms. The summed E-state index contributed by atoms with van der Waals surface area (Å²) in [7, 11) is 0. The molecule has 1 aromatic heterocycles. The van der Waals surface area contributed by atoms with Gasteiger partial charge in [0.1, 0.15) is 5.75 Å². The summed E-state index contributed by atoms with van der Waals surface area (Å²) in [5.74, 6) is 0.233. The van der Waals surface area contributed by atoms with E-state index in [1.807, 2.05) is 36.4 Å². The van der Waals surface area contributed by atoms with Crippen molar-refractivity contribution in [1.82, 2.24) is 10.1 Å². The van der Waals surface area contributed by atoms with Crippen molar-refractivity contribution >= 4 is 23.4 Å². The Balaban J connectivity index is 1.74. The molecule has 0 spiro atoms. The van der Waals surface area contributed by atoms with Crippen LogP contribution >= 0.6 is 11.8 Å². The number of unbranched alkanes of at least 4 members (excludes halogenated alkanes) is 3. The van der Waals surface area contributed by atoms with E-state index in [1.54, 1.807) is 16.8 Å². The highest BCUT2D eigenvalue weighted by molar-refractivity contribution is 7.99. The van der Waals surface area contributed by atoms with E-state index in [2.05, 4.69) is 17.2 Å². The number of hydrogen-bond donors (Lipinski definition) is 3. The zero-order valence-electron chi connectivity index (χ0n) is 18.4. The van der Waals surface area contributed by atoms with Crippen molar-refractivity contribution in [3.63, 3.8) is 0 Å². The van der Waals surface area contributed by atoms with Crippen LogP contribution in [0.4, 0.5) is 5.69 Å². The zero-order valence-corrected chi connectivity index (χ0v) is 19.2. The molecular weight excluding hydrogens is 440 g/mol. The highest BCUT2D eigenvalue weighted by Gasteiger charge is 2.39. The largest absolute Gasteiger partial charge is 0.481 e. The predicted molar refractivity (Wildman–Crippen MR) is 127 cm³/mol. The molecule has 2 aromatic carbocycles. The monoisotopic (exact) mass is 467 g/mol. The number of nitrogens with one attached hydrogen (secondary N) is 2. The van der Waals surface area contributed by atoms with Gasteiger partial charge in [0.2, 0.25) is 5.16 Å². The van der Waals surface area contributed by atoms with Crippen LogP contribution in [0.15, 0.2) is 58.5 Å². The van der Waals surface area contributed by atoms with Crippen LogP contribution in [0, 0.1) is 0 Å². The number of ether oxygens (including phenoxy) is 1. The van der Waals surface area contributed by atoms with E-state index < -0.39 is 18.7 Å². The number of para-hydroxylation sites is 2. The van der Waals surface area contributed by atoms with E-state index in [1.165, 1.54) is 24.6 Å². The summed E-state index contributed by atoms with van der Waals surface area (Å²) in [5.41, 5.74) is 2.46. The van der Waals surface area contributed by atoms with Crippen LogP contribution in [-0.2, 0) is 4.79 Å². The van der Waals surface area contributed by atoms with E-state index >= 15 is 0 Å². The molecule has 0 radical (unpaired) electrons. The van der Waals surface area contributed by atoms with Crippen molar-refractivity contribution in [3.8, 4) is 17.0 Å². The van der Waals surface area contributed by atoms with Gasteiger partial charge < -0.3 is 15.2 Å². The lowest BCUT2D eigenvalue weighted by Crippen LogP contribution is -2.55. The van der Waals surface area contributed by atoms with Crippen LogP contribution in [0.2, 0.25) is 0 Å². The molecule has 9 heteroatoms. The molecule has 33 heavy (non-hydrogen) atoms. The summed E-state index contributed by atoms with van der Waals surface area (Å²) in [5, 5.41) is 17.8. The van der Waals surface area contributed by atoms with Gasteiger partial charge in [-0.3, -0.25) is 9.78 Å². The molecule has 0 saturated heterocycles. The van der Waals surface area contributed by atoms with E-state index in [9.17, 15) is 9.59 Å². The third-order valence-electron chi connectivity index (χ3n) is 5.38. The Morgan fingerprint density at radius 1 is 1.15 bits per heavy atom. The van der Waals surface area contributed by atoms with Gasteiger partial charge in [0.15, 0.2) is 6.61 Å². The smallest absolute Gasteiger partial charge is 0.341 e. The van der Waals surface area contributed by atoms with Crippen LogP contribution in [0.25, 0.3) is 11.3 Å². The van der Waals surface area contributed by atoms with Gasteiger partial charge in [0.05, 0.1) is 16.8 Å². The summed E-state index contributed by atoms with van der Waals surface area (Å²) in [6.45, 7) is 1.72. The number of rotatable bonds is 10. The van der Waals surface area contributed by atoms with Crippen LogP contribution < -0.4 is 20.3 Å². The van der Waals surface area contributed by atoms with E-state index in [0.717, 1.165) is 29.8 Å². The third kappa shape index (κ3) is 5.19. The minimum atomic E-state index is -1.06. The van der Waals surface area contributed by atoms with Crippen LogP contribution in [-0.4, -0.2) is 33.5 Å². The van der Waals surface area contributed by atoms with Gasteiger partial charge in [-0.1, -0.05) is 62.2 Å². The van der Waals surface area contributed by atoms with Gasteiger partial charge in [-0.2, -0.15) is 0 Å². The first kappa shape index (κ1) is 22.8. The average molecular weight is 468 g/mol. The molecule has 3 aromatic rings. The maximum absolute atomic E-state index is 13.2. The number of fused-ring (bicyclic) bond motifs is 3. The quantitative estimate of drug-likeness (QED) is 0.236. The fourth-order valence-corrected chi connectivity index (χ4v) is 4.69. The number of carbonyl (C=O) groups is 1. The van der Waals surface area contributed by atoms with Crippen molar-refractivity contribution in [2.75, 3.05) is 17.7 Å². The minimum absolute atomic E-state index is 0.219. The van der Waals surface area contributed by atoms with E-state index in [4.69, 9.17) is 14.9 Å². The summed E-state index contributed by atoms with van der Waals surface area (Å²) in [6.07, 6.45) is 4.03. The number of aromatic nitrogens is 3. The first-order valence-electron chi connectivity index (χ1n) is 11.1. The lowest BCUT2D eigenvalue weighted by atomic mass is 10.0. The molecule has 0 unspecified atom stereocenters. The Kier molecular flexibility index (Phi) is 7.29. The molecule has 172 valence electrons. The Labute approximate surface area is 196 Å². The zero-order chi connectivity index (χ0) is 23.2.